The second-order valence-electron chi connectivity index (χ2n) is 4.66. The van der Waals surface area contributed by atoms with Crippen LogP contribution < -0.4 is 5.32 Å². The van der Waals surface area contributed by atoms with Crippen molar-refractivity contribution in [3.05, 3.63) is 67.5 Å². The van der Waals surface area contributed by atoms with E-state index in [-0.39, 0.29) is 11.9 Å². The maximum atomic E-state index is 13.3. The van der Waals surface area contributed by atoms with Gasteiger partial charge in [-0.25, -0.2) is 4.39 Å². The zero-order valence-corrected chi connectivity index (χ0v) is 14.3. The molecule has 0 heterocycles. The van der Waals surface area contributed by atoms with Crippen molar-refractivity contribution >= 4 is 34.2 Å². The lowest BCUT2D eigenvalue weighted by molar-refractivity contribution is 0.609. The van der Waals surface area contributed by atoms with Crippen molar-refractivity contribution in [1.29, 1.82) is 0 Å². The Labute approximate surface area is 137 Å². The molecule has 20 heavy (non-hydrogen) atoms. The first-order chi connectivity index (χ1) is 9.52. The molecule has 0 saturated carbocycles. The third-order valence-corrected chi connectivity index (χ3v) is 4.44. The fourth-order valence-corrected chi connectivity index (χ4v) is 3.12. The molecule has 1 nitrogen and oxygen atoms in total. The van der Waals surface area contributed by atoms with Crippen LogP contribution in [0.25, 0.3) is 0 Å². The molecule has 0 amide bonds. The van der Waals surface area contributed by atoms with E-state index in [9.17, 15) is 4.39 Å². The van der Waals surface area contributed by atoms with Gasteiger partial charge in [0, 0.05) is 8.59 Å². The highest BCUT2D eigenvalue weighted by Gasteiger charge is 2.18. The third kappa shape index (κ3) is 3.51. The summed E-state index contributed by atoms with van der Waals surface area (Å²) in [5, 5.41) is 4.17. The Morgan fingerprint density at radius 3 is 2.60 bits per heavy atom. The number of aryl methyl sites for hydroxylation is 1. The van der Waals surface area contributed by atoms with Gasteiger partial charge in [-0.05, 0) is 83.1 Å². The molecule has 0 fully saturated rings. The average molecular weight is 404 g/mol. The highest BCUT2D eigenvalue weighted by molar-refractivity contribution is 14.1. The second-order valence-corrected chi connectivity index (χ2v) is 6.26. The minimum atomic E-state index is -0.206. The number of hydrogen-bond acceptors (Lipinski definition) is 1. The molecule has 1 unspecified atom stereocenters. The zero-order chi connectivity index (χ0) is 14.7. The lowest BCUT2D eigenvalue weighted by Crippen LogP contribution is -2.23. The fraction of sp³-hybridized carbons (Fsp3) is 0.250. The normalized spacial score (nSPS) is 12.4. The van der Waals surface area contributed by atoms with Crippen LogP contribution in [0.2, 0.25) is 5.02 Å². The second kappa shape index (κ2) is 6.87. The molecule has 0 radical (unpaired) electrons. The molecule has 1 N–H and O–H groups in total. The number of benzene rings is 2. The van der Waals surface area contributed by atoms with Gasteiger partial charge < -0.3 is 5.32 Å². The standard InChI is InChI=1S/C16H16ClFIN/c1-3-20-16(13-6-5-12(18)8-10(13)2)14-9-11(17)4-7-15(14)19/h4-9,16,20H,3H2,1-2H3. The summed E-state index contributed by atoms with van der Waals surface area (Å²) >= 11 is 8.43. The van der Waals surface area contributed by atoms with Crippen LogP contribution in [-0.2, 0) is 0 Å². The molecule has 0 bridgehead atoms. The number of rotatable bonds is 4. The Morgan fingerprint density at radius 2 is 1.95 bits per heavy atom. The van der Waals surface area contributed by atoms with E-state index in [0.717, 1.165) is 26.8 Å². The van der Waals surface area contributed by atoms with Gasteiger partial charge in [0.2, 0.25) is 0 Å². The van der Waals surface area contributed by atoms with E-state index in [1.54, 1.807) is 6.07 Å². The van der Waals surface area contributed by atoms with E-state index < -0.39 is 0 Å². The van der Waals surface area contributed by atoms with Crippen LogP contribution in [0.4, 0.5) is 4.39 Å². The Balaban J connectivity index is 2.53. The van der Waals surface area contributed by atoms with Gasteiger partial charge >= 0.3 is 0 Å². The molecule has 2 aromatic rings. The number of halogens is 3. The SMILES string of the molecule is CCNC(c1ccc(F)cc1C)c1cc(Cl)ccc1I. The largest absolute Gasteiger partial charge is 0.306 e. The number of hydrogen-bond donors (Lipinski definition) is 1. The van der Waals surface area contributed by atoms with Crippen molar-refractivity contribution in [2.75, 3.05) is 6.54 Å². The van der Waals surface area contributed by atoms with Crippen LogP contribution in [0.3, 0.4) is 0 Å². The Morgan fingerprint density at radius 1 is 1.20 bits per heavy atom. The van der Waals surface area contributed by atoms with E-state index in [0.29, 0.717) is 5.02 Å². The van der Waals surface area contributed by atoms with E-state index in [1.807, 2.05) is 31.2 Å². The van der Waals surface area contributed by atoms with Crippen molar-refractivity contribution < 1.29 is 4.39 Å². The molecule has 2 aromatic carbocycles. The summed E-state index contributed by atoms with van der Waals surface area (Å²) in [4.78, 5) is 0. The third-order valence-electron chi connectivity index (χ3n) is 3.22. The zero-order valence-electron chi connectivity index (χ0n) is 11.4. The Bertz CT molecular complexity index is 615. The van der Waals surface area contributed by atoms with Crippen LogP contribution in [0.15, 0.2) is 36.4 Å². The summed E-state index contributed by atoms with van der Waals surface area (Å²) < 4.78 is 14.4. The molecule has 4 heteroatoms. The number of nitrogens with one attached hydrogen (secondary N) is 1. The van der Waals surface area contributed by atoms with Crippen molar-refractivity contribution in [3.63, 3.8) is 0 Å². The molecule has 0 spiro atoms. The van der Waals surface area contributed by atoms with Crippen LogP contribution >= 0.6 is 34.2 Å². The molecular weight excluding hydrogens is 388 g/mol. The maximum absolute atomic E-state index is 13.3. The molecular formula is C16H16ClFIN. The van der Waals surface area contributed by atoms with E-state index in [1.165, 1.54) is 6.07 Å². The van der Waals surface area contributed by atoms with Crippen molar-refractivity contribution in [2.24, 2.45) is 0 Å². The fourth-order valence-electron chi connectivity index (χ4n) is 2.29. The highest BCUT2D eigenvalue weighted by atomic mass is 127. The lowest BCUT2D eigenvalue weighted by Gasteiger charge is -2.22. The van der Waals surface area contributed by atoms with Gasteiger partial charge in [0.15, 0.2) is 0 Å². The van der Waals surface area contributed by atoms with Gasteiger partial charge in [-0.15, -0.1) is 0 Å². The maximum Gasteiger partial charge on any atom is 0.123 e. The average Bonchev–Trinajstić information content (AvgIpc) is 2.40. The highest BCUT2D eigenvalue weighted by Crippen LogP contribution is 2.30. The van der Waals surface area contributed by atoms with Crippen LogP contribution in [0.1, 0.15) is 29.7 Å². The van der Waals surface area contributed by atoms with Crippen LogP contribution in [-0.4, -0.2) is 6.54 Å². The smallest absolute Gasteiger partial charge is 0.123 e. The first kappa shape index (κ1) is 15.7. The molecule has 2 rings (SSSR count). The van der Waals surface area contributed by atoms with Gasteiger partial charge in [-0.1, -0.05) is 24.6 Å². The van der Waals surface area contributed by atoms with Crippen molar-refractivity contribution in [3.8, 4) is 0 Å². The van der Waals surface area contributed by atoms with Crippen LogP contribution in [0.5, 0.6) is 0 Å². The molecule has 106 valence electrons. The van der Waals surface area contributed by atoms with Crippen molar-refractivity contribution in [1.82, 2.24) is 5.32 Å². The minimum Gasteiger partial charge on any atom is -0.306 e. The molecule has 0 aliphatic rings. The molecule has 0 aliphatic carbocycles. The lowest BCUT2D eigenvalue weighted by atomic mass is 9.95. The summed E-state index contributed by atoms with van der Waals surface area (Å²) in [5.74, 6) is -0.206. The molecule has 0 aromatic heterocycles. The Hall–Kier alpha value is -0.650. The van der Waals surface area contributed by atoms with Gasteiger partial charge in [0.05, 0.1) is 6.04 Å². The monoisotopic (exact) mass is 403 g/mol. The molecule has 0 aliphatic heterocycles. The first-order valence-corrected chi connectivity index (χ1v) is 7.93. The van der Waals surface area contributed by atoms with E-state index in [2.05, 4.69) is 34.8 Å². The minimum absolute atomic E-state index is 0.0196. The van der Waals surface area contributed by atoms with Gasteiger partial charge in [-0.2, -0.15) is 0 Å². The van der Waals surface area contributed by atoms with Gasteiger partial charge in [0.25, 0.3) is 0 Å². The topological polar surface area (TPSA) is 12.0 Å². The van der Waals surface area contributed by atoms with Gasteiger partial charge in [0.1, 0.15) is 5.82 Å². The summed E-state index contributed by atoms with van der Waals surface area (Å²) in [6.07, 6.45) is 0. The predicted molar refractivity (Wildman–Crippen MR) is 90.8 cm³/mol. The summed E-state index contributed by atoms with van der Waals surface area (Å²) in [5.41, 5.74) is 3.13. The summed E-state index contributed by atoms with van der Waals surface area (Å²) in [6, 6.07) is 10.8. The van der Waals surface area contributed by atoms with E-state index >= 15 is 0 Å². The summed E-state index contributed by atoms with van der Waals surface area (Å²) in [7, 11) is 0. The summed E-state index contributed by atoms with van der Waals surface area (Å²) in [6.45, 7) is 4.81. The quantitative estimate of drug-likeness (QED) is 0.701. The van der Waals surface area contributed by atoms with Crippen LogP contribution in [0, 0.1) is 16.3 Å². The molecule has 1 atom stereocenters. The van der Waals surface area contributed by atoms with Crippen molar-refractivity contribution in [2.45, 2.75) is 19.9 Å². The van der Waals surface area contributed by atoms with Gasteiger partial charge in [-0.3, -0.25) is 0 Å². The predicted octanol–water partition coefficient (Wildman–Crippen LogP) is 5.09. The Kier molecular flexibility index (Phi) is 5.41. The first-order valence-electron chi connectivity index (χ1n) is 6.47. The van der Waals surface area contributed by atoms with E-state index in [4.69, 9.17) is 11.6 Å². The molecule has 0 saturated heterocycles.